The zero-order chi connectivity index (χ0) is 38.8. The summed E-state index contributed by atoms with van der Waals surface area (Å²) in [6.07, 6.45) is 5.97. The van der Waals surface area contributed by atoms with Gasteiger partial charge in [0, 0.05) is 75.9 Å². The number of carbonyl (C=O) groups is 1. The maximum Gasteiger partial charge on any atom is 0.416 e. The van der Waals surface area contributed by atoms with Crippen LogP contribution < -0.4 is 25.3 Å². The van der Waals surface area contributed by atoms with Crippen molar-refractivity contribution in [1.82, 2.24) is 24.7 Å². The molecule has 12 nitrogen and oxygen atoms in total. The van der Waals surface area contributed by atoms with Gasteiger partial charge in [-0.15, -0.1) is 0 Å². The summed E-state index contributed by atoms with van der Waals surface area (Å²) >= 11 is 0. The first-order valence-electron chi connectivity index (χ1n) is 20.0. The second-order valence-corrected chi connectivity index (χ2v) is 15.5. The van der Waals surface area contributed by atoms with Gasteiger partial charge in [0.05, 0.1) is 42.4 Å². The van der Waals surface area contributed by atoms with E-state index < -0.39 is 17.8 Å². The highest BCUT2D eigenvalue weighted by Gasteiger charge is 2.36. The van der Waals surface area contributed by atoms with Gasteiger partial charge in [0.1, 0.15) is 17.9 Å². The Morgan fingerprint density at radius 3 is 2.14 bits per heavy atom. The van der Waals surface area contributed by atoms with Crippen molar-refractivity contribution in [2.75, 3.05) is 86.7 Å². The molecule has 300 valence electrons. The van der Waals surface area contributed by atoms with Crippen LogP contribution in [-0.4, -0.2) is 115 Å². The summed E-state index contributed by atoms with van der Waals surface area (Å²) < 4.78 is 46.4. The Labute approximate surface area is 326 Å². The topological polar surface area (TPSA) is 102 Å². The van der Waals surface area contributed by atoms with Crippen molar-refractivity contribution in [3.8, 4) is 5.75 Å². The van der Waals surface area contributed by atoms with Gasteiger partial charge < -0.3 is 25.2 Å². The highest BCUT2D eigenvalue weighted by molar-refractivity contribution is 6.02. The third kappa shape index (κ3) is 8.60. The third-order valence-corrected chi connectivity index (χ3v) is 12.2. The van der Waals surface area contributed by atoms with Crippen molar-refractivity contribution in [2.45, 2.75) is 75.3 Å². The number of alkyl halides is 3. The summed E-state index contributed by atoms with van der Waals surface area (Å²) in [6, 6.07) is 12.4. The molecule has 0 unspecified atom stereocenters. The van der Waals surface area contributed by atoms with Crippen molar-refractivity contribution in [3.63, 3.8) is 0 Å². The fourth-order valence-electron chi connectivity index (χ4n) is 8.97. The van der Waals surface area contributed by atoms with Crippen LogP contribution in [0.3, 0.4) is 0 Å². The van der Waals surface area contributed by atoms with Gasteiger partial charge in [-0.1, -0.05) is 18.7 Å². The summed E-state index contributed by atoms with van der Waals surface area (Å²) in [5.41, 5.74) is 1.80. The zero-order valence-electron chi connectivity index (χ0n) is 32.0. The first-order chi connectivity index (χ1) is 27.2. The maximum absolute atomic E-state index is 13.5. The van der Waals surface area contributed by atoms with E-state index in [2.05, 4.69) is 46.8 Å². The summed E-state index contributed by atoms with van der Waals surface area (Å²) in [7, 11) is 1.60. The van der Waals surface area contributed by atoms with Crippen LogP contribution in [-0.2, 0) is 15.8 Å². The number of piperazine rings is 1. The fourth-order valence-corrected chi connectivity index (χ4v) is 8.97. The molecule has 56 heavy (non-hydrogen) atoms. The average Bonchev–Trinajstić information content (AvgIpc) is 3.96. The van der Waals surface area contributed by atoms with Crippen molar-refractivity contribution in [2.24, 2.45) is 0 Å². The van der Waals surface area contributed by atoms with Gasteiger partial charge in [0.2, 0.25) is 5.91 Å². The number of amides is 1. The van der Waals surface area contributed by atoms with Crippen LogP contribution in [0.1, 0.15) is 62.1 Å². The van der Waals surface area contributed by atoms with E-state index >= 15 is 0 Å². The molecule has 4 aliphatic heterocycles. The average molecular weight is 776 g/mol. The molecule has 4 saturated heterocycles. The number of hydrogen-bond donors (Lipinski definition) is 2. The molecular weight excluding hydrogens is 724 g/mol. The van der Waals surface area contributed by atoms with Crippen LogP contribution in [0.15, 0.2) is 61.4 Å². The molecule has 15 heteroatoms. The van der Waals surface area contributed by atoms with Crippen molar-refractivity contribution >= 4 is 34.6 Å². The lowest BCUT2D eigenvalue weighted by Gasteiger charge is -2.46. The number of likely N-dealkylation sites (tertiary alicyclic amines) is 1. The van der Waals surface area contributed by atoms with E-state index in [4.69, 9.17) is 9.57 Å². The number of anilines is 5. The van der Waals surface area contributed by atoms with Crippen LogP contribution in [0.5, 0.6) is 5.75 Å². The van der Waals surface area contributed by atoms with E-state index in [-0.39, 0.29) is 5.91 Å². The number of nitrogens with zero attached hydrogens (tertiary/aromatic N) is 7. The molecule has 2 aromatic carbocycles. The highest BCUT2D eigenvalue weighted by atomic mass is 19.4. The monoisotopic (exact) mass is 775 g/mol. The minimum Gasteiger partial charge on any atom is -0.494 e. The standard InChI is InChI=1S/C41H52F3N9O3/c1-3-40(54)48-33-24-34(47-38-26-39(46-27-45-38)53-35(13-22-56-53)28-5-4-6-29(23-28)41(42,43)44)37(55-2)25-36(33)52-16-11-31(12-17-52)49-14-9-32(10-15-49)51-20-18-50(19-21-51)30-7-8-30/h3-6,23-27,30-32,35H,1,7-22H2,2H3,(H,48,54)(H,45,46,47)/t35-/m1/s1. The molecule has 5 aliphatic rings. The summed E-state index contributed by atoms with van der Waals surface area (Å²) in [4.78, 5) is 37.8. The molecule has 5 heterocycles. The molecule has 2 N–H and O–H groups in total. The second kappa shape index (κ2) is 16.6. The number of benzene rings is 2. The number of halogens is 3. The smallest absolute Gasteiger partial charge is 0.416 e. The first-order valence-corrected chi connectivity index (χ1v) is 20.0. The number of piperidine rings is 2. The molecule has 0 radical (unpaired) electrons. The van der Waals surface area contributed by atoms with Gasteiger partial charge in [-0.3, -0.25) is 19.4 Å². The number of hydrogen-bond acceptors (Lipinski definition) is 11. The molecule has 5 fully saturated rings. The Morgan fingerprint density at radius 1 is 0.839 bits per heavy atom. The number of hydroxylamine groups is 1. The van der Waals surface area contributed by atoms with Crippen LogP contribution >= 0.6 is 0 Å². The van der Waals surface area contributed by atoms with Gasteiger partial charge >= 0.3 is 6.18 Å². The number of methoxy groups -OCH3 is 1. The van der Waals surface area contributed by atoms with Crippen LogP contribution in [0.25, 0.3) is 0 Å². The fraction of sp³-hybridized carbons (Fsp3) is 0.537. The highest BCUT2D eigenvalue weighted by Crippen LogP contribution is 2.41. The van der Waals surface area contributed by atoms with E-state index in [0.717, 1.165) is 62.9 Å². The van der Waals surface area contributed by atoms with Crippen LogP contribution in [0, 0.1) is 0 Å². The molecule has 8 rings (SSSR count). The Kier molecular flexibility index (Phi) is 11.4. The van der Waals surface area contributed by atoms with E-state index in [1.54, 1.807) is 19.2 Å². The van der Waals surface area contributed by atoms with Crippen LogP contribution in [0.4, 0.5) is 41.9 Å². The van der Waals surface area contributed by atoms with Gasteiger partial charge in [-0.25, -0.2) is 15.0 Å². The molecule has 0 spiro atoms. The van der Waals surface area contributed by atoms with Gasteiger partial charge in [-0.2, -0.15) is 13.2 Å². The number of nitrogens with one attached hydrogen (secondary N) is 2. The van der Waals surface area contributed by atoms with E-state index in [9.17, 15) is 18.0 Å². The molecule has 3 aromatic rings. The van der Waals surface area contributed by atoms with Gasteiger partial charge in [0.25, 0.3) is 0 Å². The number of rotatable bonds is 11. The predicted octanol–water partition coefficient (Wildman–Crippen LogP) is 6.47. The zero-order valence-corrected chi connectivity index (χ0v) is 32.0. The van der Waals surface area contributed by atoms with Crippen LogP contribution in [0.2, 0.25) is 0 Å². The molecule has 1 atom stereocenters. The minimum absolute atomic E-state index is 0.323. The van der Waals surface area contributed by atoms with Crippen molar-refractivity contribution in [1.29, 1.82) is 0 Å². The Bertz CT molecular complexity index is 1850. The molecule has 1 saturated carbocycles. The molecule has 0 bridgehead atoms. The van der Waals surface area contributed by atoms with Gasteiger partial charge in [0.15, 0.2) is 5.82 Å². The quantitative estimate of drug-likeness (QED) is 0.210. The predicted molar refractivity (Wildman–Crippen MR) is 210 cm³/mol. The van der Waals surface area contributed by atoms with E-state index in [0.29, 0.717) is 59.4 Å². The normalized spacial score (nSPS) is 22.3. The number of aromatic nitrogens is 2. The minimum atomic E-state index is -4.45. The van der Waals surface area contributed by atoms with E-state index in [1.165, 1.54) is 75.4 Å². The van der Waals surface area contributed by atoms with E-state index in [1.807, 2.05) is 12.1 Å². The van der Waals surface area contributed by atoms with Gasteiger partial charge in [-0.05, 0) is 81.5 Å². The lowest BCUT2D eigenvalue weighted by atomic mass is 9.96. The summed E-state index contributed by atoms with van der Waals surface area (Å²) in [5, 5.41) is 7.83. The Balaban J connectivity index is 0.930. The molecule has 1 aliphatic carbocycles. The number of carbonyl (C=O) groups excluding carboxylic acids is 1. The number of ether oxygens (including phenoxy) is 1. The Morgan fingerprint density at radius 2 is 1.50 bits per heavy atom. The second-order valence-electron chi connectivity index (χ2n) is 15.5. The summed E-state index contributed by atoms with van der Waals surface area (Å²) in [6.45, 7) is 12.8. The molecular formula is C41H52F3N9O3. The van der Waals surface area contributed by atoms with Crippen molar-refractivity contribution < 1.29 is 27.5 Å². The third-order valence-electron chi connectivity index (χ3n) is 12.2. The maximum atomic E-state index is 13.5. The summed E-state index contributed by atoms with van der Waals surface area (Å²) in [5.74, 6) is 1.02. The van der Waals surface area contributed by atoms with Crippen molar-refractivity contribution in [3.05, 3.63) is 72.6 Å². The largest absolute Gasteiger partial charge is 0.494 e. The SMILES string of the molecule is C=CC(=O)Nc1cc(Nc2cc(N3OCC[C@@H]3c3cccc(C(F)(F)F)c3)ncn2)c(OC)cc1N1CCC(N2CCC(N3CCN(C4CC4)CC3)CC2)CC1. The molecule has 1 amide bonds. The lowest BCUT2D eigenvalue weighted by molar-refractivity contribution is -0.137. The lowest BCUT2D eigenvalue weighted by Crippen LogP contribution is -2.55. The Hall–Kier alpha value is -4.44. The molecule has 1 aromatic heterocycles. The first kappa shape index (κ1) is 38.4.